The zero-order chi connectivity index (χ0) is 13.5. The summed E-state index contributed by atoms with van der Waals surface area (Å²) in [5.41, 5.74) is 5.68. The van der Waals surface area contributed by atoms with Crippen molar-refractivity contribution < 1.29 is 4.79 Å². The molecule has 0 aliphatic carbocycles. The third-order valence-electron chi connectivity index (χ3n) is 4.20. The van der Waals surface area contributed by atoms with Crippen molar-refractivity contribution in [2.75, 3.05) is 32.7 Å². The summed E-state index contributed by atoms with van der Waals surface area (Å²) in [5.74, 6) is 0.267. The number of piperidine rings is 2. The highest BCUT2D eigenvalue weighted by Gasteiger charge is 2.27. The second-order valence-corrected chi connectivity index (χ2v) is 5.71. The second kappa shape index (κ2) is 7.82. The first kappa shape index (κ1) is 14.8. The van der Waals surface area contributed by atoms with Gasteiger partial charge in [-0.25, -0.2) is 0 Å². The monoisotopic (exact) mass is 268 g/mol. The smallest absolute Gasteiger partial charge is 0.239 e. The van der Waals surface area contributed by atoms with Gasteiger partial charge in [0.2, 0.25) is 5.91 Å². The molecule has 4 N–H and O–H groups in total. The van der Waals surface area contributed by atoms with Crippen LogP contribution in [0.5, 0.6) is 0 Å². The van der Waals surface area contributed by atoms with Crippen LogP contribution in [0.2, 0.25) is 0 Å². The lowest BCUT2D eigenvalue weighted by molar-refractivity contribution is -0.134. The van der Waals surface area contributed by atoms with Crippen LogP contribution in [-0.4, -0.2) is 55.6 Å². The standard InChI is InChI=1S/C14H28N4O/c15-7-4-13(17-12-5-8-16-9-6-12)14(19)18-10-2-1-3-11-18/h12-13,16-17H,1-11,15H2/t13-/m0/s1. The molecule has 0 aromatic rings. The number of nitrogens with two attached hydrogens (primary N) is 1. The average molecular weight is 268 g/mol. The molecule has 0 radical (unpaired) electrons. The molecule has 1 amide bonds. The van der Waals surface area contributed by atoms with E-state index in [9.17, 15) is 4.79 Å². The van der Waals surface area contributed by atoms with Gasteiger partial charge in [0.25, 0.3) is 0 Å². The molecule has 0 bridgehead atoms. The third-order valence-corrected chi connectivity index (χ3v) is 4.20. The Kier molecular flexibility index (Phi) is 6.07. The quantitative estimate of drug-likeness (QED) is 0.659. The van der Waals surface area contributed by atoms with Crippen molar-refractivity contribution in [3.63, 3.8) is 0 Å². The van der Waals surface area contributed by atoms with Gasteiger partial charge in [-0.15, -0.1) is 0 Å². The first-order chi connectivity index (χ1) is 9.31. The molecule has 19 heavy (non-hydrogen) atoms. The summed E-state index contributed by atoms with van der Waals surface area (Å²) in [6.07, 6.45) is 6.51. The molecule has 2 rings (SSSR count). The van der Waals surface area contributed by atoms with E-state index in [4.69, 9.17) is 5.73 Å². The van der Waals surface area contributed by atoms with Gasteiger partial charge in [-0.05, 0) is 58.2 Å². The Morgan fingerprint density at radius 3 is 2.58 bits per heavy atom. The van der Waals surface area contributed by atoms with Gasteiger partial charge in [-0.1, -0.05) is 0 Å². The van der Waals surface area contributed by atoms with Crippen molar-refractivity contribution in [3.8, 4) is 0 Å². The highest BCUT2D eigenvalue weighted by Crippen LogP contribution is 2.12. The predicted octanol–water partition coefficient (Wildman–Crippen LogP) is 0.0579. The molecule has 0 spiro atoms. The predicted molar refractivity (Wildman–Crippen MR) is 76.9 cm³/mol. The lowest BCUT2D eigenvalue weighted by atomic mass is 10.0. The summed E-state index contributed by atoms with van der Waals surface area (Å²) < 4.78 is 0. The minimum atomic E-state index is -0.0776. The molecule has 0 unspecified atom stereocenters. The van der Waals surface area contributed by atoms with Crippen LogP contribution >= 0.6 is 0 Å². The zero-order valence-electron chi connectivity index (χ0n) is 11.9. The number of hydrogen-bond acceptors (Lipinski definition) is 4. The van der Waals surface area contributed by atoms with E-state index in [-0.39, 0.29) is 11.9 Å². The van der Waals surface area contributed by atoms with Gasteiger partial charge in [0, 0.05) is 19.1 Å². The molecule has 1 atom stereocenters. The number of nitrogens with zero attached hydrogens (tertiary/aromatic N) is 1. The third kappa shape index (κ3) is 4.44. The molecule has 2 aliphatic rings. The highest BCUT2D eigenvalue weighted by molar-refractivity contribution is 5.82. The van der Waals surface area contributed by atoms with Crippen molar-refractivity contribution in [2.45, 2.75) is 50.6 Å². The van der Waals surface area contributed by atoms with Gasteiger partial charge in [-0.2, -0.15) is 0 Å². The van der Waals surface area contributed by atoms with Gasteiger partial charge in [-0.3, -0.25) is 4.79 Å². The SMILES string of the molecule is NCC[C@H](NC1CCNCC1)C(=O)N1CCCCC1. The number of carbonyl (C=O) groups is 1. The lowest BCUT2D eigenvalue weighted by Gasteiger charge is -2.33. The van der Waals surface area contributed by atoms with E-state index in [1.165, 1.54) is 6.42 Å². The van der Waals surface area contributed by atoms with Crippen LogP contribution < -0.4 is 16.4 Å². The van der Waals surface area contributed by atoms with Crippen molar-refractivity contribution in [3.05, 3.63) is 0 Å². The van der Waals surface area contributed by atoms with Gasteiger partial charge in [0.1, 0.15) is 0 Å². The average Bonchev–Trinajstić information content (AvgIpc) is 2.48. The van der Waals surface area contributed by atoms with Crippen LogP contribution in [0.3, 0.4) is 0 Å². The number of nitrogens with one attached hydrogen (secondary N) is 2. The van der Waals surface area contributed by atoms with Crippen LogP contribution in [0, 0.1) is 0 Å². The number of rotatable bonds is 5. The minimum Gasteiger partial charge on any atom is -0.341 e. The largest absolute Gasteiger partial charge is 0.341 e. The molecule has 0 aromatic carbocycles. The van der Waals surface area contributed by atoms with Crippen LogP contribution in [-0.2, 0) is 4.79 Å². The van der Waals surface area contributed by atoms with E-state index in [0.29, 0.717) is 12.6 Å². The van der Waals surface area contributed by atoms with Crippen LogP contribution in [0.1, 0.15) is 38.5 Å². The van der Waals surface area contributed by atoms with E-state index < -0.39 is 0 Å². The molecule has 2 fully saturated rings. The molecule has 0 saturated carbocycles. The molecular formula is C14H28N4O. The Labute approximate surface area is 116 Å². The van der Waals surface area contributed by atoms with Crippen molar-refractivity contribution in [1.29, 1.82) is 0 Å². The fourth-order valence-corrected chi connectivity index (χ4v) is 3.05. The number of carbonyl (C=O) groups excluding carboxylic acids is 1. The summed E-state index contributed by atoms with van der Waals surface area (Å²) >= 11 is 0. The van der Waals surface area contributed by atoms with Gasteiger partial charge >= 0.3 is 0 Å². The molecular weight excluding hydrogens is 240 g/mol. The molecule has 2 saturated heterocycles. The topological polar surface area (TPSA) is 70.4 Å². The Balaban J connectivity index is 1.87. The maximum absolute atomic E-state index is 12.6. The first-order valence-electron chi connectivity index (χ1n) is 7.77. The maximum atomic E-state index is 12.6. The van der Waals surface area contributed by atoms with Crippen molar-refractivity contribution in [1.82, 2.24) is 15.5 Å². The number of hydrogen-bond donors (Lipinski definition) is 3. The summed E-state index contributed by atoms with van der Waals surface area (Å²) in [7, 11) is 0. The normalized spacial score (nSPS) is 23.3. The molecule has 0 aromatic heterocycles. The highest BCUT2D eigenvalue weighted by atomic mass is 16.2. The number of amides is 1. The number of likely N-dealkylation sites (tertiary alicyclic amines) is 1. The Morgan fingerprint density at radius 1 is 1.26 bits per heavy atom. The van der Waals surface area contributed by atoms with Crippen molar-refractivity contribution in [2.24, 2.45) is 5.73 Å². The van der Waals surface area contributed by atoms with Crippen LogP contribution in [0.25, 0.3) is 0 Å². The Morgan fingerprint density at radius 2 is 1.95 bits per heavy atom. The molecule has 2 aliphatic heterocycles. The zero-order valence-corrected chi connectivity index (χ0v) is 11.9. The molecule has 2 heterocycles. The maximum Gasteiger partial charge on any atom is 0.239 e. The Hall–Kier alpha value is -0.650. The van der Waals surface area contributed by atoms with E-state index >= 15 is 0 Å². The summed E-state index contributed by atoms with van der Waals surface area (Å²) in [6.45, 7) is 4.51. The van der Waals surface area contributed by atoms with E-state index in [0.717, 1.165) is 58.3 Å². The Bertz CT molecular complexity index is 273. The van der Waals surface area contributed by atoms with Crippen LogP contribution in [0.4, 0.5) is 0 Å². The fraction of sp³-hybridized carbons (Fsp3) is 0.929. The first-order valence-corrected chi connectivity index (χ1v) is 7.77. The second-order valence-electron chi connectivity index (χ2n) is 5.71. The van der Waals surface area contributed by atoms with E-state index in [1.54, 1.807) is 0 Å². The van der Waals surface area contributed by atoms with Crippen LogP contribution in [0.15, 0.2) is 0 Å². The van der Waals surface area contributed by atoms with E-state index in [1.807, 2.05) is 4.90 Å². The molecule has 5 nitrogen and oxygen atoms in total. The lowest BCUT2D eigenvalue weighted by Crippen LogP contribution is -2.53. The molecule has 5 heteroatoms. The van der Waals surface area contributed by atoms with Gasteiger partial charge in [0.15, 0.2) is 0 Å². The summed E-state index contributed by atoms with van der Waals surface area (Å²) in [5, 5.41) is 6.90. The van der Waals surface area contributed by atoms with Gasteiger partial charge in [0.05, 0.1) is 6.04 Å². The molecule has 110 valence electrons. The summed E-state index contributed by atoms with van der Waals surface area (Å²) in [4.78, 5) is 14.6. The van der Waals surface area contributed by atoms with Crippen molar-refractivity contribution >= 4 is 5.91 Å². The summed E-state index contributed by atoms with van der Waals surface area (Å²) in [6, 6.07) is 0.387. The minimum absolute atomic E-state index is 0.0776. The van der Waals surface area contributed by atoms with E-state index in [2.05, 4.69) is 10.6 Å². The fourth-order valence-electron chi connectivity index (χ4n) is 3.05. The van der Waals surface area contributed by atoms with Gasteiger partial charge < -0.3 is 21.3 Å².